The van der Waals surface area contributed by atoms with Gasteiger partial charge in [-0.1, -0.05) is 18.6 Å². The Labute approximate surface area is 126 Å². The van der Waals surface area contributed by atoms with E-state index in [1.54, 1.807) is 6.08 Å². The molecule has 1 aromatic carbocycles. The topological polar surface area (TPSA) is 43.8 Å². The Hall–Kier alpha value is -1.81. The van der Waals surface area contributed by atoms with E-state index in [1.807, 2.05) is 13.0 Å². The van der Waals surface area contributed by atoms with Gasteiger partial charge in [-0.3, -0.25) is 0 Å². The minimum absolute atomic E-state index is 0.530. The van der Waals surface area contributed by atoms with Crippen LogP contribution >= 0.6 is 0 Å². The van der Waals surface area contributed by atoms with Gasteiger partial charge < -0.3 is 14.9 Å². The summed E-state index contributed by atoms with van der Waals surface area (Å²) in [5, 5.41) is 8.85. The van der Waals surface area contributed by atoms with Crippen LogP contribution in [0.15, 0.2) is 24.3 Å². The van der Waals surface area contributed by atoms with E-state index in [2.05, 4.69) is 43.0 Å². The molecule has 1 aliphatic rings. The van der Waals surface area contributed by atoms with Crippen LogP contribution in [0.5, 0.6) is 0 Å². The number of carbonyl (C=O) groups is 1. The monoisotopic (exact) mass is 288 g/mol. The van der Waals surface area contributed by atoms with Crippen LogP contribution in [0.25, 0.3) is 6.08 Å². The lowest BCUT2D eigenvalue weighted by atomic mass is 10.1. The number of likely N-dealkylation sites (N-methyl/N-ethyl adjacent to an activating group) is 1. The van der Waals surface area contributed by atoms with Crippen molar-refractivity contribution in [3.05, 3.63) is 35.4 Å². The zero-order chi connectivity index (χ0) is 15.6. The largest absolute Gasteiger partial charge is 0.478 e. The molecule has 1 aromatic rings. The average molecular weight is 288 g/mol. The number of aryl methyl sites for hydroxylation is 1. The van der Waals surface area contributed by atoms with Gasteiger partial charge in [0.15, 0.2) is 0 Å². The molecule has 0 aliphatic carbocycles. The van der Waals surface area contributed by atoms with E-state index in [4.69, 9.17) is 5.11 Å². The van der Waals surface area contributed by atoms with Crippen molar-refractivity contribution in [3.8, 4) is 0 Å². The molecule has 0 spiro atoms. The Morgan fingerprint density at radius 2 is 2.10 bits per heavy atom. The van der Waals surface area contributed by atoms with Crippen molar-refractivity contribution in [2.24, 2.45) is 5.92 Å². The van der Waals surface area contributed by atoms with Crippen molar-refractivity contribution >= 4 is 17.7 Å². The van der Waals surface area contributed by atoms with Gasteiger partial charge in [-0.2, -0.15) is 0 Å². The van der Waals surface area contributed by atoms with Crippen LogP contribution in [-0.4, -0.2) is 49.2 Å². The molecule has 0 aromatic heterocycles. The fourth-order valence-electron chi connectivity index (χ4n) is 3.08. The van der Waals surface area contributed by atoms with Crippen molar-refractivity contribution in [1.82, 2.24) is 4.90 Å². The summed E-state index contributed by atoms with van der Waals surface area (Å²) in [5.41, 5.74) is 3.23. The van der Waals surface area contributed by atoms with Crippen molar-refractivity contribution < 1.29 is 9.90 Å². The van der Waals surface area contributed by atoms with Crippen molar-refractivity contribution in [2.45, 2.75) is 19.9 Å². The van der Waals surface area contributed by atoms with Crippen LogP contribution in [0, 0.1) is 12.8 Å². The molecule has 114 valence electrons. The molecule has 1 heterocycles. The van der Waals surface area contributed by atoms with E-state index in [1.165, 1.54) is 6.08 Å². The summed E-state index contributed by atoms with van der Waals surface area (Å²) < 4.78 is 0. The number of hydrogen-bond acceptors (Lipinski definition) is 3. The van der Waals surface area contributed by atoms with E-state index in [0.29, 0.717) is 12.0 Å². The molecule has 0 saturated carbocycles. The van der Waals surface area contributed by atoms with Crippen molar-refractivity contribution in [1.29, 1.82) is 0 Å². The lowest BCUT2D eigenvalue weighted by Crippen LogP contribution is -2.34. The molecular weight excluding hydrogens is 264 g/mol. The number of carboxylic acids is 1. The zero-order valence-electron chi connectivity index (χ0n) is 13.2. The second-order valence-electron chi connectivity index (χ2n) is 6.15. The summed E-state index contributed by atoms with van der Waals surface area (Å²) in [6.07, 6.45) is 2.90. The number of aliphatic carboxylic acids is 1. The van der Waals surface area contributed by atoms with Gasteiger partial charge in [-0.15, -0.1) is 0 Å². The zero-order valence-corrected chi connectivity index (χ0v) is 13.2. The third kappa shape index (κ3) is 3.64. The first-order valence-electron chi connectivity index (χ1n) is 7.31. The first-order valence-corrected chi connectivity index (χ1v) is 7.31. The van der Waals surface area contributed by atoms with E-state index in [-0.39, 0.29) is 0 Å². The summed E-state index contributed by atoms with van der Waals surface area (Å²) in [5.74, 6) is -0.318. The van der Waals surface area contributed by atoms with Crippen LogP contribution in [0.2, 0.25) is 0 Å². The Balaban J connectivity index is 2.30. The highest BCUT2D eigenvalue weighted by Gasteiger charge is 2.31. The van der Waals surface area contributed by atoms with E-state index in [0.717, 1.165) is 29.9 Å². The second kappa shape index (κ2) is 6.31. The predicted octanol–water partition coefficient (Wildman–Crippen LogP) is 2.48. The molecule has 1 fully saturated rings. The summed E-state index contributed by atoms with van der Waals surface area (Å²) in [6, 6.07) is 6.76. The van der Waals surface area contributed by atoms with Gasteiger partial charge in [0.05, 0.1) is 0 Å². The molecule has 2 atom stereocenters. The molecule has 2 rings (SSSR count). The fourth-order valence-corrected chi connectivity index (χ4v) is 3.08. The molecule has 0 radical (unpaired) electrons. The molecule has 1 saturated heterocycles. The predicted molar refractivity (Wildman–Crippen MR) is 86.7 cm³/mol. The number of hydrogen-bond donors (Lipinski definition) is 1. The van der Waals surface area contributed by atoms with Crippen molar-refractivity contribution in [2.75, 3.05) is 32.1 Å². The summed E-state index contributed by atoms with van der Waals surface area (Å²) in [6.45, 7) is 6.27. The van der Waals surface area contributed by atoms with Gasteiger partial charge in [-0.05, 0) is 50.7 Å². The fraction of sp³-hybridized carbons (Fsp3) is 0.471. The number of rotatable bonds is 4. The maximum absolute atomic E-state index is 10.8. The smallest absolute Gasteiger partial charge is 0.328 e. The van der Waals surface area contributed by atoms with E-state index in [9.17, 15) is 4.79 Å². The maximum atomic E-state index is 10.8. The number of benzene rings is 1. The molecule has 2 unspecified atom stereocenters. The average Bonchev–Trinajstić information content (AvgIpc) is 2.78. The summed E-state index contributed by atoms with van der Waals surface area (Å²) >= 11 is 0. The van der Waals surface area contributed by atoms with Crippen LogP contribution in [-0.2, 0) is 4.79 Å². The van der Waals surface area contributed by atoms with Gasteiger partial charge in [-0.25, -0.2) is 4.79 Å². The maximum Gasteiger partial charge on any atom is 0.328 e. The SMILES string of the molecule is Cc1ccc(N2CC(C)C(N(C)C)C2)c(/C=C/C(=O)O)c1. The highest BCUT2D eigenvalue weighted by Crippen LogP contribution is 2.30. The van der Waals surface area contributed by atoms with E-state index < -0.39 is 5.97 Å². The molecule has 21 heavy (non-hydrogen) atoms. The van der Waals surface area contributed by atoms with Crippen LogP contribution < -0.4 is 4.90 Å². The van der Waals surface area contributed by atoms with Gasteiger partial charge in [0.1, 0.15) is 0 Å². The van der Waals surface area contributed by atoms with Gasteiger partial charge in [0.2, 0.25) is 0 Å². The second-order valence-corrected chi connectivity index (χ2v) is 6.15. The lowest BCUT2D eigenvalue weighted by molar-refractivity contribution is -0.131. The van der Waals surface area contributed by atoms with Crippen LogP contribution in [0.4, 0.5) is 5.69 Å². The highest BCUT2D eigenvalue weighted by atomic mass is 16.4. The Morgan fingerprint density at radius 1 is 1.38 bits per heavy atom. The molecule has 4 nitrogen and oxygen atoms in total. The van der Waals surface area contributed by atoms with Gasteiger partial charge in [0, 0.05) is 30.9 Å². The Kier molecular flexibility index (Phi) is 4.68. The Bertz CT molecular complexity index is 552. The van der Waals surface area contributed by atoms with Gasteiger partial charge >= 0.3 is 5.97 Å². The molecule has 0 amide bonds. The van der Waals surface area contributed by atoms with E-state index >= 15 is 0 Å². The summed E-state index contributed by atoms with van der Waals surface area (Å²) in [4.78, 5) is 15.4. The molecule has 1 N–H and O–H groups in total. The third-order valence-corrected chi connectivity index (χ3v) is 4.17. The Morgan fingerprint density at radius 3 is 2.67 bits per heavy atom. The standard InChI is InChI=1S/C17H24N2O2/c1-12-5-7-15(14(9-12)6-8-17(20)21)19-10-13(2)16(11-19)18(3)4/h5-9,13,16H,10-11H2,1-4H3,(H,20,21)/b8-6+. The molecular formula is C17H24N2O2. The lowest BCUT2D eigenvalue weighted by Gasteiger charge is -2.24. The van der Waals surface area contributed by atoms with Crippen molar-refractivity contribution in [3.63, 3.8) is 0 Å². The first kappa shape index (κ1) is 15.6. The minimum atomic E-state index is -0.914. The normalized spacial score (nSPS) is 22.4. The molecule has 1 aliphatic heterocycles. The molecule has 4 heteroatoms. The number of nitrogens with zero attached hydrogens (tertiary/aromatic N) is 2. The third-order valence-electron chi connectivity index (χ3n) is 4.17. The minimum Gasteiger partial charge on any atom is -0.478 e. The summed E-state index contributed by atoms with van der Waals surface area (Å²) in [7, 11) is 4.23. The highest BCUT2D eigenvalue weighted by molar-refractivity contribution is 5.87. The van der Waals surface area contributed by atoms with Crippen LogP contribution in [0.1, 0.15) is 18.1 Å². The molecule has 0 bridgehead atoms. The quantitative estimate of drug-likeness (QED) is 0.865. The first-order chi connectivity index (χ1) is 9.88. The number of carboxylic acid groups (broad SMARTS) is 1. The van der Waals surface area contributed by atoms with Crippen LogP contribution in [0.3, 0.4) is 0 Å². The number of anilines is 1. The van der Waals surface area contributed by atoms with Gasteiger partial charge in [0.25, 0.3) is 0 Å².